The molecule has 0 spiro atoms. The van der Waals surface area contributed by atoms with Crippen LogP contribution in [0.25, 0.3) is 10.8 Å². The number of phenolic OH excluding ortho intramolecular Hbond substituents is 1. The van der Waals surface area contributed by atoms with Gasteiger partial charge < -0.3 is 29.9 Å². The first-order valence-corrected chi connectivity index (χ1v) is 14.2. The molecule has 6 rings (SSSR count). The van der Waals surface area contributed by atoms with Crippen molar-refractivity contribution in [2.45, 2.75) is 51.2 Å². The Morgan fingerprint density at radius 2 is 1.95 bits per heavy atom. The number of hydrogen-bond acceptors (Lipinski definition) is 8. The third-order valence-electron chi connectivity index (χ3n) is 8.38. The third-order valence-corrected chi connectivity index (χ3v) is 8.38. The van der Waals surface area contributed by atoms with Crippen molar-refractivity contribution in [3.63, 3.8) is 0 Å². The molecule has 40 heavy (non-hydrogen) atoms. The summed E-state index contributed by atoms with van der Waals surface area (Å²) in [5.74, 6) is 1.13. The van der Waals surface area contributed by atoms with Crippen LogP contribution in [0.4, 0.5) is 11.5 Å². The van der Waals surface area contributed by atoms with E-state index in [0.717, 1.165) is 59.3 Å². The lowest BCUT2D eigenvalue weighted by Gasteiger charge is -2.38. The number of nitrogens with zero attached hydrogens (tertiary/aromatic N) is 5. The maximum Gasteiger partial charge on any atom is 0.318 e. The van der Waals surface area contributed by atoms with E-state index in [2.05, 4.69) is 41.6 Å². The molecule has 3 aliphatic heterocycles. The number of anilines is 2. The van der Waals surface area contributed by atoms with Gasteiger partial charge >= 0.3 is 6.01 Å². The van der Waals surface area contributed by atoms with Crippen molar-refractivity contribution in [2.24, 2.45) is 0 Å². The molecule has 1 amide bonds. The summed E-state index contributed by atoms with van der Waals surface area (Å²) in [6, 6.07) is 12.4. The van der Waals surface area contributed by atoms with Crippen molar-refractivity contribution in [3.05, 3.63) is 60.3 Å². The number of nitrogens with one attached hydrogen (secondary N) is 1. The van der Waals surface area contributed by atoms with Gasteiger partial charge in [-0.1, -0.05) is 30.8 Å². The minimum Gasteiger partial charge on any atom is -0.508 e. The SMILES string of the molecule is C=CC(=O)N1CCN(c2nc(OC[C@H]3CCC(C)(C)N3)nc3c2CCN(c2cc(O)cc4ccccc24)C3)CC1. The molecule has 9 heteroatoms. The second kappa shape index (κ2) is 10.6. The van der Waals surface area contributed by atoms with Crippen LogP contribution < -0.4 is 19.9 Å². The average molecular weight is 543 g/mol. The smallest absolute Gasteiger partial charge is 0.318 e. The number of phenols is 1. The highest BCUT2D eigenvalue weighted by Crippen LogP contribution is 2.36. The first-order valence-electron chi connectivity index (χ1n) is 14.2. The van der Waals surface area contributed by atoms with Crippen LogP contribution in [0.3, 0.4) is 0 Å². The Bertz CT molecular complexity index is 1430. The molecule has 0 saturated carbocycles. The number of piperazine rings is 1. The first kappa shape index (κ1) is 26.4. The van der Waals surface area contributed by atoms with Crippen LogP contribution in [-0.2, 0) is 17.8 Å². The number of hydrogen-bond donors (Lipinski definition) is 2. The second-order valence-electron chi connectivity index (χ2n) is 11.7. The predicted molar refractivity (Wildman–Crippen MR) is 157 cm³/mol. The fourth-order valence-corrected chi connectivity index (χ4v) is 6.26. The lowest BCUT2D eigenvalue weighted by molar-refractivity contribution is -0.126. The van der Waals surface area contributed by atoms with E-state index in [1.807, 2.05) is 29.2 Å². The largest absolute Gasteiger partial charge is 0.508 e. The molecular formula is C31H38N6O3. The van der Waals surface area contributed by atoms with E-state index in [1.54, 1.807) is 6.07 Å². The topological polar surface area (TPSA) is 94.1 Å². The molecule has 1 aromatic heterocycles. The fraction of sp³-hybridized carbons (Fsp3) is 0.452. The fourth-order valence-electron chi connectivity index (χ4n) is 6.26. The zero-order valence-electron chi connectivity index (χ0n) is 23.4. The Morgan fingerprint density at radius 1 is 1.15 bits per heavy atom. The van der Waals surface area contributed by atoms with Gasteiger partial charge in [0.25, 0.3) is 0 Å². The number of aromatic nitrogens is 2. The minimum atomic E-state index is -0.0330. The first-order chi connectivity index (χ1) is 19.3. The van der Waals surface area contributed by atoms with Gasteiger partial charge in [0.15, 0.2) is 0 Å². The van der Waals surface area contributed by atoms with Crippen LogP contribution in [0.2, 0.25) is 0 Å². The summed E-state index contributed by atoms with van der Waals surface area (Å²) in [6.45, 7) is 12.6. The van der Waals surface area contributed by atoms with E-state index in [9.17, 15) is 9.90 Å². The van der Waals surface area contributed by atoms with E-state index in [-0.39, 0.29) is 23.2 Å². The van der Waals surface area contributed by atoms with Crippen LogP contribution in [0.5, 0.6) is 11.8 Å². The van der Waals surface area contributed by atoms with Crippen molar-refractivity contribution < 1.29 is 14.6 Å². The molecule has 0 bridgehead atoms. The summed E-state index contributed by atoms with van der Waals surface area (Å²) in [4.78, 5) is 28.4. The number of rotatable bonds is 6. The monoisotopic (exact) mass is 542 g/mol. The second-order valence-corrected chi connectivity index (χ2v) is 11.7. The van der Waals surface area contributed by atoms with E-state index < -0.39 is 0 Å². The average Bonchev–Trinajstić information content (AvgIpc) is 3.32. The van der Waals surface area contributed by atoms with Gasteiger partial charge in [0.05, 0.1) is 12.2 Å². The number of ether oxygens (including phenoxy) is 1. The van der Waals surface area contributed by atoms with Gasteiger partial charge in [-0.05, 0) is 50.6 Å². The number of benzene rings is 2. The Morgan fingerprint density at radius 3 is 2.70 bits per heavy atom. The van der Waals surface area contributed by atoms with Gasteiger partial charge in [0.2, 0.25) is 5.91 Å². The van der Waals surface area contributed by atoms with Gasteiger partial charge in [-0.25, -0.2) is 0 Å². The Hall–Kier alpha value is -3.85. The molecular weight excluding hydrogens is 504 g/mol. The molecule has 0 aliphatic carbocycles. The Labute approximate surface area is 235 Å². The van der Waals surface area contributed by atoms with Gasteiger partial charge in [-0.3, -0.25) is 4.79 Å². The van der Waals surface area contributed by atoms with Crippen molar-refractivity contribution >= 4 is 28.2 Å². The standard InChI is InChI=1S/C31H38N6O3/c1-4-28(39)35-13-15-36(16-14-35)29-25-10-12-37(27-18-23(38)17-21-7-5-6-8-24(21)27)19-26(25)32-30(33-29)40-20-22-9-11-31(2,3)34-22/h4-8,17-18,22,34,38H,1,9-16,19-20H2,2-3H3/t22-/m1/s1. The van der Waals surface area contributed by atoms with E-state index in [4.69, 9.17) is 14.7 Å². The molecule has 3 aromatic rings. The molecule has 4 heterocycles. The van der Waals surface area contributed by atoms with Crippen LogP contribution in [0.15, 0.2) is 49.1 Å². The van der Waals surface area contributed by atoms with Crippen molar-refractivity contribution in [2.75, 3.05) is 49.1 Å². The molecule has 210 valence electrons. The molecule has 3 aliphatic rings. The number of aromatic hydroxyl groups is 1. The summed E-state index contributed by atoms with van der Waals surface area (Å²) in [5, 5.41) is 16.2. The van der Waals surface area contributed by atoms with E-state index >= 15 is 0 Å². The molecule has 0 radical (unpaired) electrons. The van der Waals surface area contributed by atoms with Gasteiger partial charge in [-0.15, -0.1) is 0 Å². The van der Waals surface area contributed by atoms with Gasteiger partial charge in [0.1, 0.15) is 18.2 Å². The van der Waals surface area contributed by atoms with Crippen LogP contribution in [0, 0.1) is 0 Å². The molecule has 2 N–H and O–H groups in total. The summed E-state index contributed by atoms with van der Waals surface area (Å²) in [7, 11) is 0. The van der Waals surface area contributed by atoms with Crippen LogP contribution in [-0.4, -0.2) is 76.8 Å². The zero-order valence-corrected chi connectivity index (χ0v) is 23.4. The molecule has 2 aromatic carbocycles. The molecule has 2 saturated heterocycles. The molecule has 9 nitrogen and oxygen atoms in total. The van der Waals surface area contributed by atoms with Crippen molar-refractivity contribution in [1.29, 1.82) is 0 Å². The zero-order chi connectivity index (χ0) is 27.9. The number of carbonyl (C=O) groups is 1. The third kappa shape index (κ3) is 5.30. The lowest BCUT2D eigenvalue weighted by atomic mass is 10.0. The van der Waals surface area contributed by atoms with Crippen LogP contribution in [0.1, 0.15) is 37.9 Å². The highest BCUT2D eigenvalue weighted by Gasteiger charge is 2.32. The number of fused-ring (bicyclic) bond motifs is 2. The summed E-state index contributed by atoms with van der Waals surface area (Å²) in [5.41, 5.74) is 3.20. The van der Waals surface area contributed by atoms with Crippen molar-refractivity contribution in [3.8, 4) is 11.8 Å². The van der Waals surface area contributed by atoms with Gasteiger partial charge in [0, 0.05) is 67.0 Å². The highest BCUT2D eigenvalue weighted by molar-refractivity contribution is 5.95. The predicted octanol–water partition coefficient (Wildman–Crippen LogP) is 3.64. The molecule has 2 fully saturated rings. The molecule has 0 unspecified atom stereocenters. The Balaban J connectivity index is 1.30. The highest BCUT2D eigenvalue weighted by atomic mass is 16.5. The van der Waals surface area contributed by atoms with E-state index in [0.29, 0.717) is 45.3 Å². The summed E-state index contributed by atoms with van der Waals surface area (Å²) >= 11 is 0. The van der Waals surface area contributed by atoms with Gasteiger partial charge in [-0.2, -0.15) is 9.97 Å². The summed E-state index contributed by atoms with van der Waals surface area (Å²) in [6.07, 6.45) is 4.32. The maximum atomic E-state index is 12.2. The quantitative estimate of drug-likeness (QED) is 0.456. The van der Waals surface area contributed by atoms with E-state index in [1.165, 1.54) is 6.08 Å². The molecule has 1 atom stereocenters. The summed E-state index contributed by atoms with van der Waals surface area (Å²) < 4.78 is 6.24. The Kier molecular flexibility index (Phi) is 7.00. The maximum absolute atomic E-state index is 12.2. The van der Waals surface area contributed by atoms with Crippen molar-refractivity contribution in [1.82, 2.24) is 20.2 Å². The normalized spacial score (nSPS) is 20.4. The number of carbonyl (C=O) groups excluding carboxylic acids is 1. The number of amides is 1. The lowest BCUT2D eigenvalue weighted by Crippen LogP contribution is -2.49. The van der Waals surface area contributed by atoms with Crippen LogP contribution >= 0.6 is 0 Å². The minimum absolute atomic E-state index is 0.0330.